The molecule has 2 aromatic rings. The molecule has 0 fully saturated rings. The van der Waals surface area contributed by atoms with Gasteiger partial charge in [0.2, 0.25) is 0 Å². The highest BCUT2D eigenvalue weighted by molar-refractivity contribution is 6.30. The van der Waals surface area contributed by atoms with E-state index in [9.17, 15) is 5.11 Å². The highest BCUT2D eigenvalue weighted by Crippen LogP contribution is 2.35. The van der Waals surface area contributed by atoms with E-state index in [0.717, 1.165) is 22.8 Å². The smallest absolute Gasteiger partial charge is 0.149 e. The van der Waals surface area contributed by atoms with Crippen LogP contribution in [0.5, 0.6) is 0 Å². The first-order chi connectivity index (χ1) is 12.4. The standard InChI is InChI=1S/C19H20ClN5O/c1-19(2,26)13-23-12-16(18(22-23)14-5-3-6-15(20)11-14)24-10-7-17-21-8-4-9-25(17)24/h3-9,11-12,26H,10,13H2,1-2H3. The number of hydrazine groups is 1. The van der Waals surface area contributed by atoms with Crippen molar-refractivity contribution in [3.05, 3.63) is 59.7 Å². The molecule has 0 aliphatic carbocycles. The predicted molar refractivity (Wildman–Crippen MR) is 104 cm³/mol. The largest absolute Gasteiger partial charge is 0.389 e. The SMILES string of the molecule is CC(C)(O)Cn1cc(N2CC=C3N=CC=CN32)c(-c2cccc(Cl)c2)n1. The molecule has 0 amide bonds. The zero-order chi connectivity index (χ0) is 18.3. The summed E-state index contributed by atoms with van der Waals surface area (Å²) in [5.74, 6) is 0.889. The van der Waals surface area contributed by atoms with Gasteiger partial charge in [0.25, 0.3) is 0 Å². The number of anilines is 1. The van der Waals surface area contributed by atoms with Crippen molar-refractivity contribution >= 4 is 23.5 Å². The number of hydrogen-bond acceptors (Lipinski definition) is 5. The maximum Gasteiger partial charge on any atom is 0.149 e. The Hall–Kier alpha value is -2.57. The van der Waals surface area contributed by atoms with Gasteiger partial charge in [0.1, 0.15) is 17.2 Å². The molecule has 2 aliphatic rings. The van der Waals surface area contributed by atoms with Gasteiger partial charge in [0.05, 0.1) is 24.9 Å². The molecule has 0 bridgehead atoms. The number of nitrogens with zero attached hydrogens (tertiary/aromatic N) is 5. The second-order valence-corrected chi connectivity index (χ2v) is 7.43. The summed E-state index contributed by atoms with van der Waals surface area (Å²) in [6, 6.07) is 7.64. The molecule has 1 aromatic carbocycles. The number of aromatic nitrogens is 2. The summed E-state index contributed by atoms with van der Waals surface area (Å²) in [5, 5.41) is 19.7. The first-order valence-corrected chi connectivity index (χ1v) is 8.82. The van der Waals surface area contributed by atoms with Crippen molar-refractivity contribution in [2.24, 2.45) is 4.99 Å². The lowest BCUT2D eigenvalue weighted by Gasteiger charge is -2.30. The van der Waals surface area contributed by atoms with E-state index < -0.39 is 5.60 Å². The molecule has 0 spiro atoms. The molecule has 1 aromatic heterocycles. The highest BCUT2D eigenvalue weighted by Gasteiger charge is 2.28. The maximum atomic E-state index is 10.2. The van der Waals surface area contributed by atoms with Crippen molar-refractivity contribution in [1.82, 2.24) is 14.8 Å². The molecule has 0 radical (unpaired) electrons. The molecule has 134 valence electrons. The van der Waals surface area contributed by atoms with E-state index in [2.05, 4.69) is 16.1 Å². The van der Waals surface area contributed by atoms with Crippen LogP contribution in [0.3, 0.4) is 0 Å². The Bertz CT molecular complexity index is 922. The molecule has 4 rings (SSSR count). The van der Waals surface area contributed by atoms with Gasteiger partial charge >= 0.3 is 0 Å². The van der Waals surface area contributed by atoms with Gasteiger partial charge in [0, 0.05) is 23.0 Å². The average molecular weight is 370 g/mol. The molecule has 3 heterocycles. The minimum absolute atomic E-state index is 0.392. The Morgan fingerprint density at radius 1 is 1.31 bits per heavy atom. The van der Waals surface area contributed by atoms with Crippen LogP contribution in [0.15, 0.2) is 59.6 Å². The van der Waals surface area contributed by atoms with Crippen LogP contribution in [0.2, 0.25) is 5.02 Å². The second kappa shape index (κ2) is 6.30. The Kier molecular flexibility index (Phi) is 4.09. The molecule has 26 heavy (non-hydrogen) atoms. The van der Waals surface area contributed by atoms with Crippen LogP contribution < -0.4 is 5.01 Å². The Morgan fingerprint density at radius 2 is 2.15 bits per heavy atom. The fourth-order valence-corrected chi connectivity index (χ4v) is 3.30. The van der Waals surface area contributed by atoms with E-state index in [0.29, 0.717) is 18.1 Å². The summed E-state index contributed by atoms with van der Waals surface area (Å²) in [6.45, 7) is 4.62. The first-order valence-electron chi connectivity index (χ1n) is 8.44. The van der Waals surface area contributed by atoms with Crippen molar-refractivity contribution in [3.63, 3.8) is 0 Å². The Balaban J connectivity index is 1.77. The van der Waals surface area contributed by atoms with Crippen LogP contribution in [-0.2, 0) is 6.54 Å². The van der Waals surface area contributed by atoms with E-state index in [4.69, 9.17) is 16.7 Å². The summed E-state index contributed by atoms with van der Waals surface area (Å²) in [5.41, 5.74) is 1.82. The van der Waals surface area contributed by atoms with Gasteiger partial charge in [-0.3, -0.25) is 9.69 Å². The second-order valence-electron chi connectivity index (χ2n) is 6.99. The van der Waals surface area contributed by atoms with Gasteiger partial charge in [-0.15, -0.1) is 0 Å². The Labute approximate surface area is 157 Å². The van der Waals surface area contributed by atoms with Crippen LogP contribution in [0, 0.1) is 0 Å². The van der Waals surface area contributed by atoms with Crippen molar-refractivity contribution in [1.29, 1.82) is 0 Å². The minimum Gasteiger partial charge on any atom is -0.389 e. The molecule has 0 unspecified atom stereocenters. The zero-order valence-electron chi connectivity index (χ0n) is 14.7. The number of aliphatic imine (C=N–C) groups is 1. The van der Waals surface area contributed by atoms with Gasteiger partial charge in [-0.05, 0) is 38.1 Å². The van der Waals surface area contributed by atoms with Crippen molar-refractivity contribution in [3.8, 4) is 11.3 Å². The third-order valence-corrected chi connectivity index (χ3v) is 4.36. The van der Waals surface area contributed by atoms with Crippen LogP contribution in [0.1, 0.15) is 13.8 Å². The van der Waals surface area contributed by atoms with Gasteiger partial charge in [-0.25, -0.2) is 10.0 Å². The summed E-state index contributed by atoms with van der Waals surface area (Å²) >= 11 is 6.19. The summed E-state index contributed by atoms with van der Waals surface area (Å²) < 4.78 is 1.78. The lowest BCUT2D eigenvalue weighted by Crippen LogP contribution is -2.34. The third-order valence-electron chi connectivity index (χ3n) is 4.13. The van der Waals surface area contributed by atoms with Crippen LogP contribution >= 0.6 is 11.6 Å². The molecule has 0 saturated carbocycles. The molecule has 0 atom stereocenters. The van der Waals surface area contributed by atoms with Crippen LogP contribution in [0.25, 0.3) is 11.3 Å². The van der Waals surface area contributed by atoms with E-state index in [-0.39, 0.29) is 0 Å². The number of fused-ring (bicyclic) bond motifs is 1. The minimum atomic E-state index is -0.862. The fourth-order valence-electron chi connectivity index (χ4n) is 3.11. The van der Waals surface area contributed by atoms with Crippen LogP contribution in [-0.4, -0.2) is 38.3 Å². The monoisotopic (exact) mass is 369 g/mol. The molecular weight excluding hydrogens is 350 g/mol. The molecule has 6 nitrogen and oxygen atoms in total. The van der Waals surface area contributed by atoms with Crippen molar-refractivity contribution < 1.29 is 5.11 Å². The number of hydrogen-bond donors (Lipinski definition) is 1. The third kappa shape index (κ3) is 3.25. The zero-order valence-corrected chi connectivity index (χ0v) is 15.4. The number of aliphatic hydroxyl groups is 1. The van der Waals surface area contributed by atoms with Crippen molar-refractivity contribution in [2.45, 2.75) is 26.0 Å². The lowest BCUT2D eigenvalue weighted by molar-refractivity contribution is 0.0578. The molecule has 1 N–H and O–H groups in total. The summed E-state index contributed by atoms with van der Waals surface area (Å²) in [7, 11) is 0. The molecule has 7 heteroatoms. The maximum absolute atomic E-state index is 10.2. The van der Waals surface area contributed by atoms with Gasteiger partial charge < -0.3 is 5.11 Å². The van der Waals surface area contributed by atoms with Gasteiger partial charge in [0.15, 0.2) is 0 Å². The lowest BCUT2D eigenvalue weighted by atomic mass is 10.1. The number of rotatable bonds is 4. The fraction of sp³-hybridized carbons (Fsp3) is 0.263. The average Bonchev–Trinajstić information content (AvgIpc) is 3.17. The number of allylic oxidation sites excluding steroid dienone is 1. The van der Waals surface area contributed by atoms with Gasteiger partial charge in [-0.2, -0.15) is 5.10 Å². The predicted octanol–water partition coefficient (Wildman–Crippen LogP) is 3.45. The molecule has 2 aliphatic heterocycles. The van der Waals surface area contributed by atoms with E-state index in [1.807, 2.05) is 47.7 Å². The van der Waals surface area contributed by atoms with E-state index in [1.165, 1.54) is 0 Å². The van der Waals surface area contributed by atoms with Crippen LogP contribution in [0.4, 0.5) is 5.69 Å². The van der Waals surface area contributed by atoms with E-state index >= 15 is 0 Å². The normalized spacial score (nSPS) is 16.2. The summed E-state index contributed by atoms with van der Waals surface area (Å²) in [4.78, 5) is 4.40. The van der Waals surface area contributed by atoms with Gasteiger partial charge in [-0.1, -0.05) is 23.7 Å². The molecule has 0 saturated heterocycles. The number of benzene rings is 1. The first kappa shape index (κ1) is 16.9. The summed E-state index contributed by atoms with van der Waals surface area (Å²) in [6.07, 6.45) is 9.67. The Morgan fingerprint density at radius 3 is 2.92 bits per heavy atom. The topological polar surface area (TPSA) is 56.9 Å². The quantitative estimate of drug-likeness (QED) is 0.896. The van der Waals surface area contributed by atoms with E-state index in [1.54, 1.807) is 24.7 Å². The number of halogens is 1. The molecular formula is C19H20ClN5O. The van der Waals surface area contributed by atoms with Crippen molar-refractivity contribution in [2.75, 3.05) is 11.6 Å². The highest BCUT2D eigenvalue weighted by atomic mass is 35.5.